The smallest absolute Gasteiger partial charge is 0.0598 e. The van der Waals surface area contributed by atoms with E-state index in [1.807, 2.05) is 12.1 Å². The molecule has 0 saturated carbocycles. The first kappa shape index (κ1) is 14.9. The summed E-state index contributed by atoms with van der Waals surface area (Å²) in [5.74, 6) is 0. The summed E-state index contributed by atoms with van der Waals surface area (Å²) in [4.78, 5) is 2.21. The quantitative estimate of drug-likeness (QED) is 0.844. The van der Waals surface area contributed by atoms with Gasteiger partial charge in [-0.2, -0.15) is 0 Å². The molecular formula is C17H21BrN2. The van der Waals surface area contributed by atoms with Gasteiger partial charge in [0.25, 0.3) is 0 Å². The van der Waals surface area contributed by atoms with E-state index >= 15 is 0 Å². The topological polar surface area (TPSA) is 29.3 Å². The largest absolute Gasteiger partial charge is 0.397 e. The van der Waals surface area contributed by atoms with Crippen molar-refractivity contribution < 1.29 is 0 Å². The summed E-state index contributed by atoms with van der Waals surface area (Å²) < 4.78 is 1.02. The molecule has 2 aromatic carbocycles. The van der Waals surface area contributed by atoms with E-state index in [4.69, 9.17) is 5.73 Å². The molecule has 0 atom stereocenters. The van der Waals surface area contributed by atoms with E-state index in [0.29, 0.717) is 0 Å². The number of halogens is 1. The molecule has 0 amide bonds. The van der Waals surface area contributed by atoms with Gasteiger partial charge in [0, 0.05) is 18.1 Å². The molecule has 0 aromatic heterocycles. The lowest BCUT2D eigenvalue weighted by Crippen LogP contribution is -2.21. The molecule has 0 radical (unpaired) electrons. The maximum atomic E-state index is 6.07. The van der Waals surface area contributed by atoms with Gasteiger partial charge in [-0.1, -0.05) is 39.7 Å². The second-order valence-electron chi connectivity index (χ2n) is 5.30. The molecule has 20 heavy (non-hydrogen) atoms. The molecule has 0 aliphatic rings. The Balaban J connectivity index is 2.06. The molecule has 0 fully saturated rings. The Morgan fingerprint density at radius 3 is 2.50 bits per heavy atom. The molecule has 2 N–H and O–H groups in total. The maximum absolute atomic E-state index is 6.07. The Morgan fingerprint density at radius 1 is 1.10 bits per heavy atom. The summed E-state index contributed by atoms with van der Waals surface area (Å²) in [5, 5.41) is 0. The van der Waals surface area contributed by atoms with E-state index in [9.17, 15) is 0 Å². The van der Waals surface area contributed by atoms with Crippen LogP contribution in [-0.2, 0) is 6.42 Å². The Bertz CT molecular complexity index is 608. The van der Waals surface area contributed by atoms with Crippen molar-refractivity contribution in [3.05, 3.63) is 57.6 Å². The minimum Gasteiger partial charge on any atom is -0.397 e. The van der Waals surface area contributed by atoms with Crippen LogP contribution in [0, 0.1) is 13.8 Å². The number of aryl methyl sites for hydroxylation is 2. The van der Waals surface area contributed by atoms with E-state index in [-0.39, 0.29) is 0 Å². The van der Waals surface area contributed by atoms with Crippen molar-refractivity contribution in [2.24, 2.45) is 0 Å². The Morgan fingerprint density at radius 2 is 1.85 bits per heavy atom. The van der Waals surface area contributed by atoms with Crippen molar-refractivity contribution in [2.75, 3.05) is 24.2 Å². The number of hydrogen-bond donors (Lipinski definition) is 1. The number of anilines is 2. The molecular weight excluding hydrogens is 312 g/mol. The highest BCUT2D eigenvalue weighted by Gasteiger charge is 2.07. The second kappa shape index (κ2) is 6.31. The predicted molar refractivity (Wildman–Crippen MR) is 91.4 cm³/mol. The third-order valence-electron chi connectivity index (χ3n) is 3.62. The molecule has 0 spiro atoms. The van der Waals surface area contributed by atoms with E-state index in [1.165, 1.54) is 16.7 Å². The van der Waals surface area contributed by atoms with Crippen molar-refractivity contribution in [3.63, 3.8) is 0 Å². The molecule has 0 aliphatic carbocycles. The zero-order valence-electron chi connectivity index (χ0n) is 12.3. The summed E-state index contributed by atoms with van der Waals surface area (Å²) in [5.41, 5.74) is 12.0. The summed E-state index contributed by atoms with van der Waals surface area (Å²) in [6.45, 7) is 5.26. The Hall–Kier alpha value is -1.48. The second-order valence-corrected chi connectivity index (χ2v) is 6.22. The first-order chi connectivity index (χ1) is 9.47. The van der Waals surface area contributed by atoms with Gasteiger partial charge < -0.3 is 10.6 Å². The highest BCUT2D eigenvalue weighted by Crippen LogP contribution is 2.26. The van der Waals surface area contributed by atoms with Crippen LogP contribution in [0.2, 0.25) is 0 Å². The summed E-state index contributed by atoms with van der Waals surface area (Å²) in [6, 6.07) is 12.7. The van der Waals surface area contributed by atoms with Crippen LogP contribution in [-0.4, -0.2) is 13.6 Å². The molecule has 2 nitrogen and oxygen atoms in total. The van der Waals surface area contributed by atoms with Gasteiger partial charge in [0.2, 0.25) is 0 Å². The Kier molecular flexibility index (Phi) is 4.71. The van der Waals surface area contributed by atoms with Gasteiger partial charge in [0.05, 0.1) is 11.4 Å². The van der Waals surface area contributed by atoms with Crippen molar-refractivity contribution in [2.45, 2.75) is 20.3 Å². The van der Waals surface area contributed by atoms with Crippen LogP contribution in [0.15, 0.2) is 40.9 Å². The lowest BCUT2D eigenvalue weighted by atomic mass is 10.0. The number of nitrogens with two attached hydrogens (primary N) is 1. The fraction of sp³-hybridized carbons (Fsp3) is 0.294. The normalized spacial score (nSPS) is 10.6. The molecule has 0 unspecified atom stereocenters. The van der Waals surface area contributed by atoms with Gasteiger partial charge in [0.1, 0.15) is 0 Å². The van der Waals surface area contributed by atoms with Gasteiger partial charge in [-0.15, -0.1) is 0 Å². The number of benzene rings is 2. The number of hydrogen-bond acceptors (Lipinski definition) is 2. The maximum Gasteiger partial charge on any atom is 0.0598 e. The van der Waals surface area contributed by atoms with Crippen molar-refractivity contribution in [1.82, 2.24) is 0 Å². The molecule has 2 rings (SSSR count). The van der Waals surface area contributed by atoms with Crippen LogP contribution in [0.1, 0.15) is 16.7 Å². The predicted octanol–water partition coefficient (Wildman–Crippen LogP) is 4.33. The molecule has 3 heteroatoms. The first-order valence-electron chi connectivity index (χ1n) is 6.79. The molecule has 0 aliphatic heterocycles. The standard InChI is InChI=1S/C17H21BrN2/c1-12-4-5-14(13(2)10-12)8-9-20(3)17-7-6-15(18)11-16(17)19/h4-7,10-11H,8-9,19H2,1-3H3. The van der Waals surface area contributed by atoms with E-state index in [2.05, 4.69) is 66.0 Å². The summed E-state index contributed by atoms with van der Waals surface area (Å²) in [6.07, 6.45) is 1.03. The molecule has 106 valence electrons. The molecule has 0 bridgehead atoms. The van der Waals surface area contributed by atoms with Crippen molar-refractivity contribution in [1.29, 1.82) is 0 Å². The van der Waals surface area contributed by atoms with Gasteiger partial charge in [-0.3, -0.25) is 0 Å². The average Bonchev–Trinajstić information content (AvgIpc) is 2.37. The van der Waals surface area contributed by atoms with Crippen molar-refractivity contribution in [3.8, 4) is 0 Å². The summed E-state index contributed by atoms with van der Waals surface area (Å²) in [7, 11) is 2.09. The van der Waals surface area contributed by atoms with Gasteiger partial charge in [-0.25, -0.2) is 0 Å². The highest BCUT2D eigenvalue weighted by molar-refractivity contribution is 9.10. The monoisotopic (exact) mass is 332 g/mol. The molecule has 0 heterocycles. The highest BCUT2D eigenvalue weighted by atomic mass is 79.9. The molecule has 2 aromatic rings. The first-order valence-corrected chi connectivity index (χ1v) is 7.59. The summed E-state index contributed by atoms with van der Waals surface area (Å²) >= 11 is 3.44. The zero-order chi connectivity index (χ0) is 14.7. The minimum absolute atomic E-state index is 0.808. The fourth-order valence-corrected chi connectivity index (χ4v) is 2.79. The van der Waals surface area contributed by atoms with Crippen LogP contribution < -0.4 is 10.6 Å². The van der Waals surface area contributed by atoms with E-state index in [1.54, 1.807) is 0 Å². The van der Waals surface area contributed by atoms with Crippen LogP contribution in [0.4, 0.5) is 11.4 Å². The fourth-order valence-electron chi connectivity index (χ4n) is 2.41. The van der Waals surface area contributed by atoms with Gasteiger partial charge in [0.15, 0.2) is 0 Å². The van der Waals surface area contributed by atoms with Crippen molar-refractivity contribution >= 4 is 27.3 Å². The molecule has 0 saturated heterocycles. The lowest BCUT2D eigenvalue weighted by molar-refractivity contribution is 0.872. The van der Waals surface area contributed by atoms with Crippen LogP contribution >= 0.6 is 15.9 Å². The Labute approximate surface area is 129 Å². The number of rotatable bonds is 4. The number of nitrogen functional groups attached to an aromatic ring is 1. The number of nitrogens with zero attached hydrogens (tertiary/aromatic N) is 1. The lowest BCUT2D eigenvalue weighted by Gasteiger charge is -2.21. The van der Waals surface area contributed by atoms with Crippen LogP contribution in [0.3, 0.4) is 0 Å². The zero-order valence-corrected chi connectivity index (χ0v) is 13.9. The third-order valence-corrected chi connectivity index (χ3v) is 4.11. The number of likely N-dealkylation sites (N-methyl/N-ethyl adjacent to an activating group) is 1. The van der Waals surface area contributed by atoms with E-state index in [0.717, 1.165) is 28.8 Å². The SMILES string of the molecule is Cc1ccc(CCN(C)c2ccc(Br)cc2N)c(C)c1. The average molecular weight is 333 g/mol. The third kappa shape index (κ3) is 3.54. The van der Waals surface area contributed by atoms with Crippen LogP contribution in [0.25, 0.3) is 0 Å². The van der Waals surface area contributed by atoms with Crippen LogP contribution in [0.5, 0.6) is 0 Å². The van der Waals surface area contributed by atoms with E-state index < -0.39 is 0 Å². The minimum atomic E-state index is 0.808. The van der Waals surface area contributed by atoms with Gasteiger partial charge >= 0.3 is 0 Å². The van der Waals surface area contributed by atoms with Gasteiger partial charge in [-0.05, 0) is 49.6 Å².